The number of carbonyl (C=O) groups is 2. The second kappa shape index (κ2) is 6.00. The van der Waals surface area contributed by atoms with Crippen molar-refractivity contribution in [2.45, 2.75) is 0 Å². The number of amides is 1. The summed E-state index contributed by atoms with van der Waals surface area (Å²) in [6.07, 6.45) is 1.61. The monoisotopic (exact) mass is 247 g/mol. The fourth-order valence-corrected chi connectivity index (χ4v) is 1.03. The maximum atomic E-state index is 11.2. The van der Waals surface area contributed by atoms with Crippen molar-refractivity contribution >= 4 is 17.9 Å². The van der Waals surface area contributed by atoms with Crippen LogP contribution in [0.2, 0.25) is 0 Å². The smallest absolute Gasteiger partial charge is 0.413 e. The van der Waals surface area contributed by atoms with Gasteiger partial charge in [0.15, 0.2) is 5.82 Å². The highest BCUT2D eigenvalue weighted by atomic mass is 16.5. The lowest BCUT2D eigenvalue weighted by molar-refractivity contribution is 0.0696. The van der Waals surface area contributed by atoms with E-state index >= 15 is 0 Å². The van der Waals surface area contributed by atoms with Gasteiger partial charge in [-0.3, -0.25) is 5.32 Å². The highest BCUT2D eigenvalue weighted by molar-refractivity contribution is 5.90. The van der Waals surface area contributed by atoms with Gasteiger partial charge < -0.3 is 9.84 Å². The van der Waals surface area contributed by atoms with E-state index in [-0.39, 0.29) is 23.6 Å². The van der Waals surface area contributed by atoms with E-state index in [9.17, 15) is 9.59 Å². The summed E-state index contributed by atoms with van der Waals surface area (Å²) in [5, 5.41) is 19.8. The average Bonchev–Trinajstić information content (AvgIpc) is 2.36. The minimum atomic E-state index is -1.21. The third kappa shape index (κ3) is 3.31. The summed E-state index contributed by atoms with van der Waals surface area (Å²) in [5.74, 6) is -1.27. The molecule has 0 aromatic carbocycles. The Hall–Kier alpha value is -2.88. The Labute approximate surface area is 102 Å². The zero-order valence-electron chi connectivity index (χ0n) is 9.21. The normalized spacial score (nSPS) is 9.06. The molecule has 18 heavy (non-hydrogen) atoms. The molecular weight excluding hydrogens is 238 g/mol. The number of carbonyl (C=O) groups excluding carboxylic acids is 1. The predicted molar refractivity (Wildman–Crippen MR) is 61.1 cm³/mol. The quantitative estimate of drug-likeness (QED) is 0.777. The second-order valence-electron chi connectivity index (χ2n) is 3.05. The Morgan fingerprint density at radius 3 is 2.94 bits per heavy atom. The van der Waals surface area contributed by atoms with Crippen molar-refractivity contribution in [3.8, 4) is 6.07 Å². The molecule has 92 valence electrons. The molecule has 1 amide bonds. The lowest BCUT2D eigenvalue weighted by Crippen LogP contribution is -2.16. The first-order chi connectivity index (χ1) is 8.58. The number of rotatable bonds is 4. The molecular formula is C11H9N3O4. The number of hydrogen-bond acceptors (Lipinski definition) is 5. The van der Waals surface area contributed by atoms with Crippen LogP contribution in [-0.4, -0.2) is 28.8 Å². The van der Waals surface area contributed by atoms with Gasteiger partial charge in [-0.1, -0.05) is 12.7 Å². The summed E-state index contributed by atoms with van der Waals surface area (Å²) in [6, 6.07) is 2.85. The topological polar surface area (TPSA) is 112 Å². The van der Waals surface area contributed by atoms with E-state index in [1.807, 2.05) is 0 Å². The number of ether oxygens (including phenoxy) is 1. The summed E-state index contributed by atoms with van der Waals surface area (Å²) in [6.45, 7) is 3.38. The van der Waals surface area contributed by atoms with Crippen molar-refractivity contribution in [3.05, 3.63) is 36.0 Å². The van der Waals surface area contributed by atoms with Crippen LogP contribution in [0.15, 0.2) is 24.9 Å². The Balaban J connectivity index is 2.90. The van der Waals surface area contributed by atoms with Gasteiger partial charge in [-0.2, -0.15) is 5.26 Å². The SMILES string of the molecule is C=CCOC(=O)Nc1ncc(C(=O)O)cc1C#N. The van der Waals surface area contributed by atoms with Crippen LogP contribution in [-0.2, 0) is 4.74 Å². The molecule has 0 aliphatic rings. The van der Waals surface area contributed by atoms with Gasteiger partial charge >= 0.3 is 12.1 Å². The highest BCUT2D eigenvalue weighted by Gasteiger charge is 2.12. The number of aromatic nitrogens is 1. The second-order valence-corrected chi connectivity index (χ2v) is 3.05. The number of nitrogens with zero attached hydrogens (tertiary/aromatic N) is 2. The maximum Gasteiger partial charge on any atom is 0.413 e. The van der Waals surface area contributed by atoms with Crippen LogP contribution in [0, 0.1) is 11.3 Å². The van der Waals surface area contributed by atoms with E-state index in [1.165, 1.54) is 6.08 Å². The number of nitriles is 1. The number of aromatic carboxylic acids is 1. The molecule has 0 atom stereocenters. The molecule has 0 saturated heterocycles. The summed E-state index contributed by atoms with van der Waals surface area (Å²) in [4.78, 5) is 25.6. The molecule has 1 aromatic heterocycles. The average molecular weight is 247 g/mol. The molecule has 1 heterocycles. The molecule has 7 nitrogen and oxygen atoms in total. The van der Waals surface area contributed by atoms with Gasteiger partial charge in [0.25, 0.3) is 0 Å². The molecule has 0 unspecified atom stereocenters. The first-order valence-electron chi connectivity index (χ1n) is 4.76. The number of nitrogens with one attached hydrogen (secondary N) is 1. The standard InChI is InChI=1S/C11H9N3O4/c1-2-3-18-11(17)14-9-7(5-12)4-8(6-13-9)10(15)16/h2,4,6H,1,3H2,(H,15,16)(H,13,14,17). The van der Waals surface area contributed by atoms with E-state index < -0.39 is 12.1 Å². The number of hydrogen-bond donors (Lipinski definition) is 2. The van der Waals surface area contributed by atoms with E-state index in [4.69, 9.17) is 10.4 Å². The number of pyridine rings is 1. The lowest BCUT2D eigenvalue weighted by Gasteiger charge is -2.06. The summed E-state index contributed by atoms with van der Waals surface area (Å²) >= 11 is 0. The van der Waals surface area contributed by atoms with E-state index in [0.29, 0.717) is 0 Å². The predicted octanol–water partition coefficient (Wildman–Crippen LogP) is 1.39. The molecule has 0 aliphatic heterocycles. The Kier molecular flexibility index (Phi) is 4.40. The molecule has 7 heteroatoms. The molecule has 1 aromatic rings. The third-order valence-electron chi connectivity index (χ3n) is 1.81. The van der Waals surface area contributed by atoms with Crippen molar-refractivity contribution in [1.29, 1.82) is 5.26 Å². The fraction of sp³-hybridized carbons (Fsp3) is 0.0909. The van der Waals surface area contributed by atoms with Crippen LogP contribution in [0.25, 0.3) is 0 Å². The van der Waals surface area contributed by atoms with Crippen molar-refractivity contribution in [3.63, 3.8) is 0 Å². The van der Waals surface area contributed by atoms with Gasteiger partial charge in [0, 0.05) is 6.20 Å². The summed E-state index contributed by atoms with van der Waals surface area (Å²) in [5.41, 5.74) is -0.206. The minimum Gasteiger partial charge on any atom is -0.478 e. The van der Waals surface area contributed by atoms with E-state index in [0.717, 1.165) is 12.3 Å². The van der Waals surface area contributed by atoms with Crippen molar-refractivity contribution in [2.75, 3.05) is 11.9 Å². The largest absolute Gasteiger partial charge is 0.478 e. The van der Waals surface area contributed by atoms with Crippen molar-refractivity contribution in [1.82, 2.24) is 4.98 Å². The van der Waals surface area contributed by atoms with E-state index in [1.54, 1.807) is 6.07 Å². The minimum absolute atomic E-state index is 0.0148. The van der Waals surface area contributed by atoms with Crippen molar-refractivity contribution < 1.29 is 19.4 Å². The summed E-state index contributed by atoms with van der Waals surface area (Å²) < 4.78 is 4.64. The zero-order chi connectivity index (χ0) is 13.5. The molecule has 0 spiro atoms. The first kappa shape index (κ1) is 13.2. The van der Waals surface area contributed by atoms with Gasteiger partial charge in [0.1, 0.15) is 12.7 Å². The maximum absolute atomic E-state index is 11.2. The molecule has 0 bridgehead atoms. The number of carboxylic acid groups (broad SMARTS) is 1. The Bertz CT molecular complexity index is 534. The van der Waals surface area contributed by atoms with Gasteiger partial charge in [-0.05, 0) is 6.07 Å². The van der Waals surface area contributed by atoms with Crippen LogP contribution in [0.5, 0.6) is 0 Å². The molecule has 0 aliphatic carbocycles. The van der Waals surface area contributed by atoms with Gasteiger partial charge in [-0.25, -0.2) is 14.6 Å². The zero-order valence-corrected chi connectivity index (χ0v) is 9.21. The Morgan fingerprint density at radius 1 is 1.67 bits per heavy atom. The molecule has 2 N–H and O–H groups in total. The number of carboxylic acids is 1. The van der Waals surface area contributed by atoms with Crippen LogP contribution in [0.3, 0.4) is 0 Å². The molecule has 1 rings (SSSR count). The van der Waals surface area contributed by atoms with Crippen molar-refractivity contribution in [2.24, 2.45) is 0 Å². The van der Waals surface area contributed by atoms with Crippen LogP contribution in [0.4, 0.5) is 10.6 Å². The van der Waals surface area contributed by atoms with Gasteiger partial charge in [0.05, 0.1) is 11.1 Å². The number of anilines is 1. The van der Waals surface area contributed by atoms with Gasteiger partial charge in [-0.15, -0.1) is 0 Å². The Morgan fingerprint density at radius 2 is 2.39 bits per heavy atom. The molecule has 0 radical (unpaired) electrons. The molecule has 0 fully saturated rings. The highest BCUT2D eigenvalue weighted by Crippen LogP contribution is 2.13. The van der Waals surface area contributed by atoms with Crippen LogP contribution in [0.1, 0.15) is 15.9 Å². The molecule has 0 saturated carbocycles. The van der Waals surface area contributed by atoms with E-state index in [2.05, 4.69) is 21.6 Å². The first-order valence-corrected chi connectivity index (χ1v) is 4.76. The third-order valence-corrected chi connectivity index (χ3v) is 1.81. The lowest BCUT2D eigenvalue weighted by atomic mass is 10.2. The van der Waals surface area contributed by atoms with Gasteiger partial charge in [0.2, 0.25) is 0 Å². The summed E-state index contributed by atoms with van der Waals surface area (Å²) in [7, 11) is 0. The fourth-order valence-electron chi connectivity index (χ4n) is 1.03. The van der Waals surface area contributed by atoms with Crippen LogP contribution < -0.4 is 5.32 Å². The van der Waals surface area contributed by atoms with Crippen LogP contribution >= 0.6 is 0 Å².